The highest BCUT2D eigenvalue weighted by Gasteiger charge is 2.21. The summed E-state index contributed by atoms with van der Waals surface area (Å²) < 4.78 is 5.01. The molecule has 4 heteroatoms. The van der Waals surface area contributed by atoms with E-state index in [-0.39, 0.29) is 11.9 Å². The van der Waals surface area contributed by atoms with Crippen LogP contribution in [0.5, 0.6) is 0 Å². The van der Waals surface area contributed by atoms with E-state index in [1.54, 1.807) is 13.8 Å². The lowest BCUT2D eigenvalue weighted by Crippen LogP contribution is -2.22. The monoisotopic (exact) mass is 216 g/mol. The van der Waals surface area contributed by atoms with Gasteiger partial charge in [-0.05, 0) is 12.3 Å². The Hall–Kier alpha value is -1.06. The minimum absolute atomic E-state index is 0.304. The molecule has 0 spiro atoms. The molecule has 0 aromatic heterocycles. The molecular formula is C11H20O4. The van der Waals surface area contributed by atoms with Gasteiger partial charge in [-0.25, -0.2) is 0 Å². The van der Waals surface area contributed by atoms with E-state index in [0.717, 1.165) is 0 Å². The zero-order chi connectivity index (χ0) is 12.0. The summed E-state index contributed by atoms with van der Waals surface area (Å²) >= 11 is 0. The van der Waals surface area contributed by atoms with Crippen LogP contribution in [-0.2, 0) is 14.3 Å². The first-order chi connectivity index (χ1) is 6.84. The molecule has 0 aliphatic heterocycles. The van der Waals surface area contributed by atoms with Crippen molar-refractivity contribution in [2.45, 2.75) is 34.1 Å². The van der Waals surface area contributed by atoms with Crippen LogP contribution < -0.4 is 0 Å². The third-order valence-electron chi connectivity index (χ3n) is 2.09. The fourth-order valence-electron chi connectivity index (χ4n) is 1.12. The van der Waals surface area contributed by atoms with Crippen LogP contribution in [0.4, 0.5) is 0 Å². The first kappa shape index (κ1) is 13.9. The van der Waals surface area contributed by atoms with Gasteiger partial charge in [0.25, 0.3) is 0 Å². The number of carboxylic acid groups (broad SMARTS) is 1. The molecule has 4 nitrogen and oxygen atoms in total. The summed E-state index contributed by atoms with van der Waals surface area (Å²) in [5, 5.41) is 8.68. The number of carbonyl (C=O) groups excluding carboxylic acids is 1. The molecule has 0 saturated carbocycles. The summed E-state index contributed by atoms with van der Waals surface area (Å²) in [7, 11) is 0. The molecule has 88 valence electrons. The van der Waals surface area contributed by atoms with Crippen LogP contribution in [-0.4, -0.2) is 23.7 Å². The zero-order valence-corrected chi connectivity index (χ0v) is 9.82. The third-order valence-corrected chi connectivity index (χ3v) is 2.09. The van der Waals surface area contributed by atoms with Crippen LogP contribution in [0.25, 0.3) is 0 Å². The van der Waals surface area contributed by atoms with Gasteiger partial charge in [-0.3, -0.25) is 9.59 Å². The number of aliphatic carboxylic acids is 1. The average molecular weight is 216 g/mol. The van der Waals surface area contributed by atoms with Crippen LogP contribution in [0.3, 0.4) is 0 Å². The van der Waals surface area contributed by atoms with Gasteiger partial charge in [-0.2, -0.15) is 0 Å². The number of carbonyl (C=O) groups is 2. The maximum Gasteiger partial charge on any atom is 0.308 e. The maximum atomic E-state index is 11.4. The number of rotatable bonds is 6. The van der Waals surface area contributed by atoms with Gasteiger partial charge >= 0.3 is 11.9 Å². The third kappa shape index (κ3) is 6.10. The largest absolute Gasteiger partial charge is 0.481 e. The summed E-state index contributed by atoms with van der Waals surface area (Å²) in [5.41, 5.74) is 0. The normalized spacial score (nSPS) is 14.7. The van der Waals surface area contributed by atoms with Crippen molar-refractivity contribution in [2.75, 3.05) is 6.61 Å². The Labute approximate surface area is 90.6 Å². The molecule has 0 aliphatic rings. The van der Waals surface area contributed by atoms with E-state index in [4.69, 9.17) is 9.84 Å². The van der Waals surface area contributed by atoms with Crippen molar-refractivity contribution in [2.24, 2.45) is 17.8 Å². The van der Waals surface area contributed by atoms with Gasteiger partial charge < -0.3 is 9.84 Å². The Bertz CT molecular complexity index is 223. The summed E-state index contributed by atoms with van der Waals surface area (Å²) in [6.45, 7) is 7.59. The van der Waals surface area contributed by atoms with E-state index in [1.807, 2.05) is 13.8 Å². The van der Waals surface area contributed by atoms with E-state index in [9.17, 15) is 9.59 Å². The lowest BCUT2D eigenvalue weighted by molar-refractivity contribution is -0.150. The second-order valence-corrected chi connectivity index (χ2v) is 4.40. The molecule has 1 N–H and O–H groups in total. The van der Waals surface area contributed by atoms with Crippen LogP contribution in [0, 0.1) is 17.8 Å². The highest BCUT2D eigenvalue weighted by molar-refractivity contribution is 5.74. The molecule has 0 saturated heterocycles. The standard InChI is InChI=1S/C11H20O4/c1-7(2)6-15-11(14)9(4)5-8(3)10(12)13/h7-9H,5-6H2,1-4H3,(H,12,13)/t8-,9+/m0/s1. The van der Waals surface area contributed by atoms with Gasteiger partial charge in [0, 0.05) is 0 Å². The SMILES string of the molecule is CC(C)COC(=O)[C@H](C)C[C@H](C)C(=O)O. The predicted octanol–water partition coefficient (Wildman–Crippen LogP) is 1.93. The number of hydrogen-bond acceptors (Lipinski definition) is 3. The van der Waals surface area contributed by atoms with E-state index in [2.05, 4.69) is 0 Å². The molecule has 0 bridgehead atoms. The maximum absolute atomic E-state index is 11.4. The average Bonchev–Trinajstić information content (AvgIpc) is 2.13. The zero-order valence-electron chi connectivity index (χ0n) is 9.82. The Morgan fingerprint density at radius 1 is 1.13 bits per heavy atom. The van der Waals surface area contributed by atoms with E-state index in [1.165, 1.54) is 0 Å². The van der Waals surface area contributed by atoms with Crippen molar-refractivity contribution in [3.63, 3.8) is 0 Å². The first-order valence-corrected chi connectivity index (χ1v) is 5.24. The van der Waals surface area contributed by atoms with Crippen molar-refractivity contribution in [3.8, 4) is 0 Å². The van der Waals surface area contributed by atoms with Crippen molar-refractivity contribution >= 4 is 11.9 Å². The molecular weight excluding hydrogens is 196 g/mol. The molecule has 0 rings (SSSR count). The molecule has 0 fully saturated rings. The molecule has 0 aromatic carbocycles. The molecule has 0 unspecified atom stereocenters. The van der Waals surface area contributed by atoms with E-state index in [0.29, 0.717) is 18.9 Å². The molecule has 0 radical (unpaired) electrons. The Balaban J connectivity index is 3.93. The lowest BCUT2D eigenvalue weighted by atomic mass is 9.98. The molecule has 15 heavy (non-hydrogen) atoms. The number of esters is 1. The van der Waals surface area contributed by atoms with E-state index < -0.39 is 11.9 Å². The summed E-state index contributed by atoms with van der Waals surface area (Å²) in [5.74, 6) is -1.74. The van der Waals surface area contributed by atoms with Gasteiger partial charge in [0.1, 0.15) is 0 Å². The predicted molar refractivity (Wildman–Crippen MR) is 56.4 cm³/mol. The Kier molecular flexibility index (Phi) is 5.97. The van der Waals surface area contributed by atoms with Crippen molar-refractivity contribution < 1.29 is 19.4 Å². The number of hydrogen-bond donors (Lipinski definition) is 1. The van der Waals surface area contributed by atoms with Crippen LogP contribution in [0.2, 0.25) is 0 Å². The summed E-state index contributed by atoms with van der Waals surface area (Å²) in [4.78, 5) is 22.0. The highest BCUT2D eigenvalue weighted by Crippen LogP contribution is 2.13. The topological polar surface area (TPSA) is 63.6 Å². The van der Waals surface area contributed by atoms with Crippen LogP contribution >= 0.6 is 0 Å². The van der Waals surface area contributed by atoms with Crippen LogP contribution in [0.15, 0.2) is 0 Å². The molecule has 0 heterocycles. The first-order valence-electron chi connectivity index (χ1n) is 5.24. The second-order valence-electron chi connectivity index (χ2n) is 4.40. The minimum atomic E-state index is -0.876. The summed E-state index contributed by atoms with van der Waals surface area (Å²) in [6, 6.07) is 0. The van der Waals surface area contributed by atoms with Crippen molar-refractivity contribution in [3.05, 3.63) is 0 Å². The van der Waals surface area contributed by atoms with Gasteiger partial charge in [0.15, 0.2) is 0 Å². The van der Waals surface area contributed by atoms with Crippen molar-refractivity contribution in [1.82, 2.24) is 0 Å². The van der Waals surface area contributed by atoms with Crippen LogP contribution in [0.1, 0.15) is 34.1 Å². The highest BCUT2D eigenvalue weighted by atomic mass is 16.5. The fraction of sp³-hybridized carbons (Fsp3) is 0.818. The molecule has 0 aliphatic carbocycles. The fourth-order valence-corrected chi connectivity index (χ4v) is 1.12. The van der Waals surface area contributed by atoms with Crippen molar-refractivity contribution in [1.29, 1.82) is 0 Å². The van der Waals surface area contributed by atoms with E-state index >= 15 is 0 Å². The Morgan fingerprint density at radius 3 is 2.07 bits per heavy atom. The van der Waals surface area contributed by atoms with Gasteiger partial charge in [-0.1, -0.05) is 27.7 Å². The minimum Gasteiger partial charge on any atom is -0.481 e. The molecule has 0 amide bonds. The number of ether oxygens (including phenoxy) is 1. The summed E-state index contributed by atoms with van der Waals surface area (Å²) in [6.07, 6.45) is 0.326. The van der Waals surface area contributed by atoms with Gasteiger partial charge in [0.2, 0.25) is 0 Å². The Morgan fingerprint density at radius 2 is 1.67 bits per heavy atom. The molecule has 2 atom stereocenters. The number of carboxylic acids is 1. The quantitative estimate of drug-likeness (QED) is 0.689. The molecule has 0 aromatic rings. The lowest BCUT2D eigenvalue weighted by Gasteiger charge is -2.14. The smallest absolute Gasteiger partial charge is 0.308 e. The van der Waals surface area contributed by atoms with Gasteiger partial charge in [0.05, 0.1) is 18.4 Å². The second kappa shape index (κ2) is 6.43. The van der Waals surface area contributed by atoms with Gasteiger partial charge in [-0.15, -0.1) is 0 Å².